The maximum Gasteiger partial charge on any atom is 0.211 e. The number of nitrogens with one attached hydrogen (secondary N) is 2. The van der Waals surface area contributed by atoms with Crippen molar-refractivity contribution in [3.05, 3.63) is 34.9 Å². The molecule has 0 spiro atoms. The van der Waals surface area contributed by atoms with Gasteiger partial charge in [0.25, 0.3) is 0 Å². The fraction of sp³-hybridized carbons (Fsp3) is 0.538. The van der Waals surface area contributed by atoms with E-state index in [0.29, 0.717) is 24.0 Å². The van der Waals surface area contributed by atoms with Crippen molar-refractivity contribution < 1.29 is 8.42 Å². The maximum absolute atomic E-state index is 11.9. The molecule has 1 atom stereocenters. The fourth-order valence-electron chi connectivity index (χ4n) is 2.17. The third-order valence-electron chi connectivity index (χ3n) is 3.31. The third kappa shape index (κ3) is 5.10. The van der Waals surface area contributed by atoms with Crippen molar-refractivity contribution in [1.82, 2.24) is 10.0 Å². The molecule has 6 heteroatoms. The van der Waals surface area contributed by atoms with Gasteiger partial charge in [-0.15, -0.1) is 0 Å². The maximum atomic E-state index is 11.9. The first-order valence-electron chi connectivity index (χ1n) is 6.50. The van der Waals surface area contributed by atoms with Crippen LogP contribution >= 0.6 is 11.6 Å². The van der Waals surface area contributed by atoms with Crippen molar-refractivity contribution in [2.45, 2.75) is 31.8 Å². The summed E-state index contributed by atoms with van der Waals surface area (Å²) in [5.41, 5.74) is 0.909. The van der Waals surface area contributed by atoms with Gasteiger partial charge in [-0.05, 0) is 43.5 Å². The van der Waals surface area contributed by atoms with E-state index in [1.165, 1.54) is 0 Å². The van der Waals surface area contributed by atoms with E-state index in [2.05, 4.69) is 10.0 Å². The van der Waals surface area contributed by atoms with E-state index < -0.39 is 10.0 Å². The zero-order chi connectivity index (χ0) is 13.7. The molecule has 4 nitrogen and oxygen atoms in total. The zero-order valence-electron chi connectivity index (χ0n) is 10.7. The van der Waals surface area contributed by atoms with Gasteiger partial charge in [0.05, 0.1) is 5.75 Å². The molecule has 106 valence electrons. The topological polar surface area (TPSA) is 58.2 Å². The number of hydrogen-bond donors (Lipinski definition) is 2. The first-order valence-corrected chi connectivity index (χ1v) is 8.53. The van der Waals surface area contributed by atoms with Crippen LogP contribution in [-0.4, -0.2) is 26.8 Å². The van der Waals surface area contributed by atoms with Gasteiger partial charge in [-0.3, -0.25) is 0 Å². The van der Waals surface area contributed by atoms with Gasteiger partial charge in [-0.2, -0.15) is 0 Å². The third-order valence-corrected chi connectivity index (χ3v) is 4.92. The molecule has 1 saturated heterocycles. The Labute approximate surface area is 119 Å². The lowest BCUT2D eigenvalue weighted by Gasteiger charge is -2.11. The monoisotopic (exact) mass is 302 g/mol. The van der Waals surface area contributed by atoms with Crippen LogP contribution in [0.2, 0.25) is 5.02 Å². The van der Waals surface area contributed by atoms with Gasteiger partial charge in [-0.1, -0.05) is 23.7 Å². The van der Waals surface area contributed by atoms with Crippen LogP contribution in [0.1, 0.15) is 24.8 Å². The molecular weight excluding hydrogens is 284 g/mol. The Balaban J connectivity index is 1.78. The van der Waals surface area contributed by atoms with Gasteiger partial charge >= 0.3 is 0 Å². The predicted octanol–water partition coefficient (Wildman–Crippen LogP) is 1.90. The van der Waals surface area contributed by atoms with Crippen LogP contribution in [0.5, 0.6) is 0 Å². The van der Waals surface area contributed by atoms with Crippen LogP contribution in [-0.2, 0) is 16.6 Å². The van der Waals surface area contributed by atoms with Crippen LogP contribution in [0.4, 0.5) is 0 Å². The summed E-state index contributed by atoms with van der Waals surface area (Å²) in [5.74, 6) is 0.179. The van der Waals surface area contributed by atoms with Crippen molar-refractivity contribution in [2.24, 2.45) is 0 Å². The Morgan fingerprint density at radius 2 is 2.05 bits per heavy atom. The highest BCUT2D eigenvalue weighted by molar-refractivity contribution is 7.89. The standard InChI is InChI=1S/C13H19ClN2O2S/c14-12-5-3-11(4-6-12)10-16-19(17,18)9-7-13-2-1-8-15-13/h3-6,13,15-16H,1-2,7-10H2. The Bertz CT molecular complexity index is 496. The molecule has 0 radical (unpaired) electrons. The van der Waals surface area contributed by atoms with Crippen molar-refractivity contribution in [3.63, 3.8) is 0 Å². The average molecular weight is 303 g/mol. The Morgan fingerprint density at radius 3 is 2.68 bits per heavy atom. The first kappa shape index (κ1) is 14.8. The average Bonchev–Trinajstić information content (AvgIpc) is 2.89. The molecule has 1 unspecified atom stereocenters. The predicted molar refractivity (Wildman–Crippen MR) is 77.7 cm³/mol. The summed E-state index contributed by atoms with van der Waals surface area (Å²) in [6, 6.07) is 7.51. The van der Waals surface area contributed by atoms with Gasteiger partial charge in [-0.25, -0.2) is 13.1 Å². The second-order valence-corrected chi connectivity index (χ2v) is 7.21. The minimum atomic E-state index is -3.20. The molecular formula is C13H19ClN2O2S. The van der Waals surface area contributed by atoms with E-state index in [0.717, 1.165) is 24.9 Å². The summed E-state index contributed by atoms with van der Waals surface area (Å²) in [6.45, 7) is 1.32. The van der Waals surface area contributed by atoms with Crippen LogP contribution in [0.15, 0.2) is 24.3 Å². The minimum Gasteiger partial charge on any atom is -0.314 e. The summed E-state index contributed by atoms with van der Waals surface area (Å²) in [5, 5.41) is 3.95. The number of sulfonamides is 1. The highest BCUT2D eigenvalue weighted by Crippen LogP contribution is 2.11. The number of benzene rings is 1. The van der Waals surface area contributed by atoms with Crippen LogP contribution in [0, 0.1) is 0 Å². The molecule has 1 fully saturated rings. The molecule has 19 heavy (non-hydrogen) atoms. The fourth-order valence-corrected chi connectivity index (χ4v) is 3.42. The highest BCUT2D eigenvalue weighted by atomic mass is 35.5. The molecule has 2 N–H and O–H groups in total. The molecule has 1 aliphatic heterocycles. The number of rotatable bonds is 6. The van der Waals surface area contributed by atoms with Gasteiger partial charge in [0.1, 0.15) is 0 Å². The molecule has 1 aromatic rings. The van der Waals surface area contributed by atoms with Crippen molar-refractivity contribution >= 4 is 21.6 Å². The lowest BCUT2D eigenvalue weighted by Crippen LogP contribution is -2.30. The Morgan fingerprint density at radius 1 is 1.32 bits per heavy atom. The molecule has 1 aromatic carbocycles. The lowest BCUT2D eigenvalue weighted by molar-refractivity contribution is 0.553. The van der Waals surface area contributed by atoms with E-state index in [1.807, 2.05) is 12.1 Å². The van der Waals surface area contributed by atoms with Crippen LogP contribution < -0.4 is 10.0 Å². The summed E-state index contributed by atoms with van der Waals surface area (Å²) in [4.78, 5) is 0. The molecule has 0 aromatic heterocycles. The molecule has 1 aliphatic rings. The summed E-state index contributed by atoms with van der Waals surface area (Å²) >= 11 is 5.78. The van der Waals surface area contributed by atoms with Crippen LogP contribution in [0.3, 0.4) is 0 Å². The van der Waals surface area contributed by atoms with E-state index in [9.17, 15) is 8.42 Å². The largest absolute Gasteiger partial charge is 0.314 e. The molecule has 0 amide bonds. The second-order valence-electron chi connectivity index (χ2n) is 4.85. The smallest absolute Gasteiger partial charge is 0.211 e. The van der Waals surface area contributed by atoms with E-state index in [-0.39, 0.29) is 5.75 Å². The van der Waals surface area contributed by atoms with Crippen molar-refractivity contribution in [1.29, 1.82) is 0 Å². The SMILES string of the molecule is O=S(=O)(CCC1CCCN1)NCc1ccc(Cl)cc1. The molecule has 1 heterocycles. The van der Waals surface area contributed by atoms with Gasteiger partial charge in [0.15, 0.2) is 0 Å². The lowest BCUT2D eigenvalue weighted by atomic mass is 10.2. The first-order chi connectivity index (χ1) is 9.05. The quantitative estimate of drug-likeness (QED) is 0.844. The second kappa shape index (κ2) is 6.70. The summed E-state index contributed by atoms with van der Waals surface area (Å²) in [7, 11) is -3.20. The van der Waals surface area contributed by atoms with Gasteiger partial charge in [0.2, 0.25) is 10.0 Å². The number of hydrogen-bond acceptors (Lipinski definition) is 3. The highest BCUT2D eigenvalue weighted by Gasteiger charge is 2.18. The summed E-state index contributed by atoms with van der Waals surface area (Å²) < 4.78 is 26.3. The Hall–Kier alpha value is -0.620. The van der Waals surface area contributed by atoms with E-state index in [4.69, 9.17) is 11.6 Å². The van der Waals surface area contributed by atoms with E-state index >= 15 is 0 Å². The number of halogens is 1. The normalized spacial score (nSPS) is 19.7. The van der Waals surface area contributed by atoms with Gasteiger partial charge < -0.3 is 5.32 Å². The van der Waals surface area contributed by atoms with Crippen molar-refractivity contribution in [2.75, 3.05) is 12.3 Å². The van der Waals surface area contributed by atoms with Crippen LogP contribution in [0.25, 0.3) is 0 Å². The van der Waals surface area contributed by atoms with E-state index in [1.54, 1.807) is 12.1 Å². The summed E-state index contributed by atoms with van der Waals surface area (Å²) in [6.07, 6.45) is 2.89. The molecule has 0 bridgehead atoms. The zero-order valence-corrected chi connectivity index (χ0v) is 12.3. The Kier molecular flexibility index (Phi) is 5.21. The minimum absolute atomic E-state index is 0.179. The molecule has 0 saturated carbocycles. The van der Waals surface area contributed by atoms with Gasteiger partial charge in [0, 0.05) is 17.6 Å². The van der Waals surface area contributed by atoms with Crippen molar-refractivity contribution in [3.8, 4) is 0 Å². The molecule has 2 rings (SSSR count). The molecule has 0 aliphatic carbocycles.